The second kappa shape index (κ2) is 9.70. The maximum absolute atomic E-state index is 13.3. The summed E-state index contributed by atoms with van der Waals surface area (Å²) >= 11 is 1.66. The monoisotopic (exact) mass is 439 g/mol. The Labute approximate surface area is 179 Å². The van der Waals surface area contributed by atoms with Gasteiger partial charge in [0.2, 0.25) is 0 Å². The summed E-state index contributed by atoms with van der Waals surface area (Å²) < 4.78 is 39.9. The first-order valence-corrected chi connectivity index (χ1v) is 10.8. The molecule has 1 aliphatic heterocycles. The number of halogens is 3. The number of thiophene rings is 1. The second-order valence-electron chi connectivity index (χ2n) is 7.44. The predicted octanol–water partition coefficient (Wildman–Crippen LogP) is 3.69. The molecule has 2 aromatic rings. The van der Waals surface area contributed by atoms with Crippen molar-refractivity contribution >= 4 is 23.0 Å². The fourth-order valence-corrected chi connectivity index (χ4v) is 4.25. The Balaban J connectivity index is 1.73. The Bertz CT molecular complexity index is 870. The number of benzene rings is 1. The van der Waals surface area contributed by atoms with Crippen molar-refractivity contribution in [1.29, 1.82) is 0 Å². The fourth-order valence-electron chi connectivity index (χ4n) is 3.41. The summed E-state index contributed by atoms with van der Waals surface area (Å²) in [7, 11) is 3.71. The first-order valence-electron chi connectivity index (χ1n) is 9.89. The molecule has 2 heterocycles. The average Bonchev–Trinajstić information content (AvgIpc) is 3.13. The molecule has 0 atom stereocenters. The molecule has 0 amide bonds. The average molecular weight is 440 g/mol. The molecule has 0 saturated carbocycles. The molecule has 1 aromatic carbocycles. The van der Waals surface area contributed by atoms with E-state index in [0.717, 1.165) is 31.9 Å². The van der Waals surface area contributed by atoms with Gasteiger partial charge < -0.3 is 20.4 Å². The van der Waals surface area contributed by atoms with Crippen LogP contribution in [0.2, 0.25) is 0 Å². The number of likely N-dealkylation sites (N-methyl/N-ethyl adjacent to an activating group) is 1. The lowest BCUT2D eigenvalue weighted by Gasteiger charge is -2.35. The van der Waals surface area contributed by atoms with Gasteiger partial charge in [0.1, 0.15) is 0 Å². The van der Waals surface area contributed by atoms with Gasteiger partial charge >= 0.3 is 6.18 Å². The number of aryl methyl sites for hydroxylation is 1. The molecule has 5 nitrogen and oxygen atoms in total. The van der Waals surface area contributed by atoms with Gasteiger partial charge in [-0.05, 0) is 54.7 Å². The highest BCUT2D eigenvalue weighted by Gasteiger charge is 2.31. The zero-order valence-corrected chi connectivity index (χ0v) is 18.3. The van der Waals surface area contributed by atoms with E-state index in [4.69, 9.17) is 0 Å². The quantitative estimate of drug-likeness (QED) is 0.551. The number of guanidine groups is 1. The summed E-state index contributed by atoms with van der Waals surface area (Å²) in [5.74, 6) is 0.560. The van der Waals surface area contributed by atoms with E-state index >= 15 is 0 Å². The van der Waals surface area contributed by atoms with Crippen LogP contribution in [0.15, 0.2) is 34.6 Å². The zero-order chi connectivity index (χ0) is 21.7. The molecule has 0 bridgehead atoms. The van der Waals surface area contributed by atoms with Crippen molar-refractivity contribution in [3.05, 3.63) is 51.2 Å². The molecule has 1 aromatic heterocycles. The number of piperazine rings is 1. The molecule has 1 aliphatic rings. The predicted molar refractivity (Wildman–Crippen MR) is 117 cm³/mol. The number of aliphatic imine (C=N–C) groups is 1. The lowest BCUT2D eigenvalue weighted by atomic mass is 10.1. The fraction of sp³-hybridized carbons (Fsp3) is 0.476. The van der Waals surface area contributed by atoms with Gasteiger partial charge in [-0.25, -0.2) is 0 Å². The van der Waals surface area contributed by atoms with Crippen LogP contribution in [0, 0.1) is 6.92 Å². The van der Waals surface area contributed by atoms with Crippen LogP contribution < -0.4 is 15.5 Å². The molecule has 9 heteroatoms. The Hall–Kier alpha value is -2.26. The summed E-state index contributed by atoms with van der Waals surface area (Å²) in [5, 5.41) is 8.45. The highest BCUT2D eigenvalue weighted by molar-refractivity contribution is 7.10. The minimum atomic E-state index is -4.37. The first-order chi connectivity index (χ1) is 14.3. The summed E-state index contributed by atoms with van der Waals surface area (Å²) in [6, 6.07) is 6.07. The van der Waals surface area contributed by atoms with Crippen LogP contribution in [-0.4, -0.2) is 51.1 Å². The standard InChI is InChI=1S/C21H28F3N5S/c1-15-6-11-30-19(15)14-27-20(25-2)26-13-16-12-17(21(22,23)24)4-5-18(16)29-9-7-28(3)8-10-29/h4-6,11-12H,7-10,13-14H2,1-3H3,(H2,25,26,27). The van der Waals surface area contributed by atoms with Crippen LogP contribution in [0.4, 0.5) is 18.9 Å². The Morgan fingerprint density at radius 2 is 1.80 bits per heavy atom. The van der Waals surface area contributed by atoms with Crippen LogP contribution in [-0.2, 0) is 19.3 Å². The summed E-state index contributed by atoms with van der Waals surface area (Å²) in [6.07, 6.45) is -4.37. The number of hydrogen-bond acceptors (Lipinski definition) is 4. The van der Waals surface area contributed by atoms with Crippen molar-refractivity contribution in [2.24, 2.45) is 4.99 Å². The smallest absolute Gasteiger partial charge is 0.369 e. The number of hydrogen-bond donors (Lipinski definition) is 2. The molecule has 1 fully saturated rings. The van der Waals surface area contributed by atoms with Gasteiger partial charge in [0.15, 0.2) is 5.96 Å². The summed E-state index contributed by atoms with van der Waals surface area (Å²) in [6.45, 7) is 6.29. The molecule has 0 aliphatic carbocycles. The van der Waals surface area contributed by atoms with Gasteiger partial charge in [-0.3, -0.25) is 4.99 Å². The van der Waals surface area contributed by atoms with E-state index in [2.05, 4.69) is 45.5 Å². The molecule has 164 valence electrons. The minimum absolute atomic E-state index is 0.259. The maximum Gasteiger partial charge on any atom is 0.416 e. The van der Waals surface area contributed by atoms with E-state index in [0.29, 0.717) is 18.1 Å². The van der Waals surface area contributed by atoms with E-state index in [1.807, 2.05) is 5.38 Å². The van der Waals surface area contributed by atoms with Crippen molar-refractivity contribution in [3.63, 3.8) is 0 Å². The van der Waals surface area contributed by atoms with Crippen molar-refractivity contribution in [3.8, 4) is 0 Å². The lowest BCUT2D eigenvalue weighted by Crippen LogP contribution is -2.45. The highest BCUT2D eigenvalue weighted by Crippen LogP contribution is 2.33. The molecule has 30 heavy (non-hydrogen) atoms. The van der Waals surface area contributed by atoms with Crippen LogP contribution in [0.1, 0.15) is 21.6 Å². The van der Waals surface area contributed by atoms with Crippen molar-refractivity contribution in [2.75, 3.05) is 45.2 Å². The van der Waals surface area contributed by atoms with Gasteiger partial charge in [-0.15, -0.1) is 11.3 Å². The third-order valence-electron chi connectivity index (χ3n) is 5.31. The molecule has 0 unspecified atom stereocenters. The second-order valence-corrected chi connectivity index (χ2v) is 8.44. The van der Waals surface area contributed by atoms with E-state index in [9.17, 15) is 13.2 Å². The lowest BCUT2D eigenvalue weighted by molar-refractivity contribution is -0.137. The molecule has 1 saturated heterocycles. The van der Waals surface area contributed by atoms with Gasteiger partial charge in [0.25, 0.3) is 0 Å². The Kier molecular flexibility index (Phi) is 7.25. The van der Waals surface area contributed by atoms with Crippen LogP contribution in [0.25, 0.3) is 0 Å². The van der Waals surface area contributed by atoms with E-state index in [1.165, 1.54) is 22.6 Å². The number of nitrogens with zero attached hydrogens (tertiary/aromatic N) is 3. The number of nitrogens with one attached hydrogen (secondary N) is 2. The van der Waals surface area contributed by atoms with Crippen LogP contribution >= 0.6 is 11.3 Å². The summed E-state index contributed by atoms with van der Waals surface area (Å²) in [4.78, 5) is 9.79. The number of anilines is 1. The van der Waals surface area contributed by atoms with Crippen molar-refractivity contribution in [1.82, 2.24) is 15.5 Å². The largest absolute Gasteiger partial charge is 0.416 e. The highest BCUT2D eigenvalue weighted by atomic mass is 32.1. The van der Waals surface area contributed by atoms with Crippen molar-refractivity contribution < 1.29 is 13.2 Å². The number of alkyl halides is 3. The molecular weight excluding hydrogens is 411 g/mol. The van der Waals surface area contributed by atoms with Crippen LogP contribution in [0.5, 0.6) is 0 Å². The van der Waals surface area contributed by atoms with Gasteiger partial charge in [0, 0.05) is 50.3 Å². The van der Waals surface area contributed by atoms with Gasteiger partial charge in [0.05, 0.1) is 12.1 Å². The van der Waals surface area contributed by atoms with Crippen molar-refractivity contribution in [2.45, 2.75) is 26.2 Å². The molecule has 0 spiro atoms. The molecule has 3 rings (SSSR count). The first kappa shape index (κ1) is 22.4. The SMILES string of the molecule is CN=C(NCc1cc(C(F)(F)F)ccc1N1CCN(C)CC1)NCc1sccc1C. The Morgan fingerprint density at radius 1 is 1.10 bits per heavy atom. The van der Waals surface area contributed by atoms with E-state index in [-0.39, 0.29) is 6.54 Å². The molecule has 2 N–H and O–H groups in total. The Morgan fingerprint density at radius 3 is 2.40 bits per heavy atom. The topological polar surface area (TPSA) is 42.9 Å². The third kappa shape index (κ3) is 5.66. The zero-order valence-electron chi connectivity index (χ0n) is 17.5. The van der Waals surface area contributed by atoms with Gasteiger partial charge in [-0.1, -0.05) is 0 Å². The van der Waals surface area contributed by atoms with E-state index in [1.54, 1.807) is 24.5 Å². The molecular formula is C21H28F3N5S. The number of rotatable bonds is 5. The molecule has 0 radical (unpaired) electrons. The summed E-state index contributed by atoms with van der Waals surface area (Å²) in [5.41, 5.74) is 2.03. The van der Waals surface area contributed by atoms with E-state index < -0.39 is 11.7 Å². The third-order valence-corrected chi connectivity index (χ3v) is 6.33. The van der Waals surface area contributed by atoms with Gasteiger partial charge in [-0.2, -0.15) is 13.2 Å². The maximum atomic E-state index is 13.3. The minimum Gasteiger partial charge on any atom is -0.369 e. The normalized spacial score (nSPS) is 16.1. The van der Waals surface area contributed by atoms with Crippen LogP contribution in [0.3, 0.4) is 0 Å².